The van der Waals surface area contributed by atoms with Gasteiger partial charge in [-0.05, 0) is 26.8 Å². The summed E-state index contributed by atoms with van der Waals surface area (Å²) in [6, 6.07) is 3.78. The molecule has 0 unspecified atom stereocenters. The molecule has 1 rings (SSSR count). The first kappa shape index (κ1) is 9.71. The van der Waals surface area contributed by atoms with E-state index in [1.165, 1.54) is 0 Å². The number of oxime groups is 1. The topological polar surface area (TPSA) is 34.5 Å². The van der Waals surface area contributed by atoms with Gasteiger partial charge in [-0.3, -0.25) is 4.98 Å². The lowest BCUT2D eigenvalue weighted by Gasteiger charge is -2.14. The minimum Gasteiger partial charge on any atom is -0.390 e. The Hall–Kier alpha value is -1.38. The molecule has 3 heteroatoms. The second-order valence-corrected chi connectivity index (χ2v) is 3.72. The van der Waals surface area contributed by atoms with Crippen molar-refractivity contribution in [2.75, 3.05) is 0 Å². The Kier molecular flexibility index (Phi) is 3.01. The van der Waals surface area contributed by atoms with Gasteiger partial charge in [-0.15, -0.1) is 0 Å². The van der Waals surface area contributed by atoms with E-state index in [0.29, 0.717) is 0 Å². The second-order valence-electron chi connectivity index (χ2n) is 3.72. The molecule has 1 aromatic heterocycles. The van der Waals surface area contributed by atoms with E-state index in [4.69, 9.17) is 4.84 Å². The first-order valence-corrected chi connectivity index (χ1v) is 4.19. The second kappa shape index (κ2) is 4.03. The van der Waals surface area contributed by atoms with E-state index in [0.717, 1.165) is 5.56 Å². The molecule has 0 radical (unpaired) electrons. The molecule has 0 aliphatic carbocycles. The molecule has 0 aliphatic heterocycles. The van der Waals surface area contributed by atoms with Crippen LogP contribution in [-0.4, -0.2) is 16.8 Å². The van der Waals surface area contributed by atoms with Crippen LogP contribution in [0.2, 0.25) is 0 Å². The van der Waals surface area contributed by atoms with Crippen LogP contribution in [0.1, 0.15) is 26.3 Å². The van der Waals surface area contributed by atoms with Gasteiger partial charge in [0, 0.05) is 18.0 Å². The molecular weight excluding hydrogens is 164 g/mol. The summed E-state index contributed by atoms with van der Waals surface area (Å²) in [5.41, 5.74) is 0.699. The molecule has 0 aliphatic rings. The molecule has 70 valence electrons. The number of nitrogens with zero attached hydrogens (tertiary/aromatic N) is 2. The normalized spacial score (nSPS) is 11.9. The van der Waals surface area contributed by atoms with Gasteiger partial charge in [-0.1, -0.05) is 11.2 Å². The molecule has 0 fully saturated rings. The zero-order chi connectivity index (χ0) is 9.73. The van der Waals surface area contributed by atoms with Crippen LogP contribution in [0.15, 0.2) is 29.7 Å². The van der Waals surface area contributed by atoms with Crippen molar-refractivity contribution < 1.29 is 4.84 Å². The summed E-state index contributed by atoms with van der Waals surface area (Å²) in [4.78, 5) is 9.13. The fraction of sp³-hybridized carbons (Fsp3) is 0.400. The van der Waals surface area contributed by atoms with Gasteiger partial charge in [0.1, 0.15) is 5.60 Å². The predicted octanol–water partition coefficient (Wildman–Crippen LogP) is 2.23. The number of hydrogen-bond acceptors (Lipinski definition) is 3. The van der Waals surface area contributed by atoms with Gasteiger partial charge in [-0.25, -0.2) is 0 Å². The summed E-state index contributed by atoms with van der Waals surface area (Å²) in [7, 11) is 0. The van der Waals surface area contributed by atoms with Crippen molar-refractivity contribution in [2.24, 2.45) is 5.16 Å². The Morgan fingerprint density at radius 1 is 1.46 bits per heavy atom. The minimum atomic E-state index is -0.237. The van der Waals surface area contributed by atoms with Crippen LogP contribution in [-0.2, 0) is 4.84 Å². The maximum Gasteiger partial charge on any atom is 0.129 e. The highest BCUT2D eigenvalue weighted by atomic mass is 16.6. The molecule has 0 N–H and O–H groups in total. The molecule has 0 atom stereocenters. The average Bonchev–Trinajstić information content (AvgIpc) is 2.04. The van der Waals surface area contributed by atoms with Crippen molar-refractivity contribution in [3.05, 3.63) is 30.1 Å². The smallest absolute Gasteiger partial charge is 0.129 e. The van der Waals surface area contributed by atoms with Crippen molar-refractivity contribution in [3.63, 3.8) is 0 Å². The Bertz CT molecular complexity index is 275. The lowest BCUT2D eigenvalue weighted by Crippen LogP contribution is -2.15. The van der Waals surface area contributed by atoms with Crippen LogP contribution in [0.25, 0.3) is 0 Å². The highest BCUT2D eigenvalue weighted by molar-refractivity contribution is 5.78. The number of hydrogen-bond donors (Lipinski definition) is 0. The molecule has 0 bridgehead atoms. The van der Waals surface area contributed by atoms with Gasteiger partial charge in [0.25, 0.3) is 0 Å². The summed E-state index contributed by atoms with van der Waals surface area (Å²) in [6.07, 6.45) is 5.11. The molecule has 1 aromatic rings. The maximum atomic E-state index is 5.17. The molecule has 0 saturated carbocycles. The van der Waals surface area contributed by atoms with Crippen molar-refractivity contribution in [1.82, 2.24) is 4.98 Å². The van der Waals surface area contributed by atoms with Crippen molar-refractivity contribution in [1.29, 1.82) is 0 Å². The van der Waals surface area contributed by atoms with E-state index in [2.05, 4.69) is 10.1 Å². The molecule has 0 aromatic carbocycles. The molecule has 0 spiro atoms. The quantitative estimate of drug-likeness (QED) is 0.514. The van der Waals surface area contributed by atoms with E-state index in [1.54, 1.807) is 18.6 Å². The summed E-state index contributed by atoms with van der Waals surface area (Å²) in [6.45, 7) is 5.86. The molecular formula is C10H14N2O. The van der Waals surface area contributed by atoms with Crippen LogP contribution in [0.3, 0.4) is 0 Å². The van der Waals surface area contributed by atoms with Gasteiger partial charge in [-0.2, -0.15) is 0 Å². The summed E-state index contributed by atoms with van der Waals surface area (Å²) >= 11 is 0. The average molecular weight is 178 g/mol. The third-order valence-corrected chi connectivity index (χ3v) is 1.21. The summed E-state index contributed by atoms with van der Waals surface area (Å²) in [5.74, 6) is 0. The standard InChI is InChI=1S/C10H14N2O/c1-10(2,3)13-12-8-9-5-4-6-11-7-9/h4-8H,1-3H3/b12-8+. The largest absolute Gasteiger partial charge is 0.390 e. The lowest BCUT2D eigenvalue weighted by atomic mass is 10.2. The molecule has 0 amide bonds. The van der Waals surface area contributed by atoms with Crippen LogP contribution in [0.4, 0.5) is 0 Å². The molecule has 1 heterocycles. The Morgan fingerprint density at radius 3 is 2.77 bits per heavy atom. The summed E-state index contributed by atoms with van der Waals surface area (Å²) < 4.78 is 0. The van der Waals surface area contributed by atoms with Crippen molar-refractivity contribution >= 4 is 6.21 Å². The highest BCUT2D eigenvalue weighted by Gasteiger charge is 2.08. The minimum absolute atomic E-state index is 0.237. The van der Waals surface area contributed by atoms with Crippen LogP contribution in [0.5, 0.6) is 0 Å². The molecule has 13 heavy (non-hydrogen) atoms. The fourth-order valence-corrected chi connectivity index (χ4v) is 0.698. The molecule has 0 saturated heterocycles. The van der Waals surface area contributed by atoms with Gasteiger partial charge in [0.2, 0.25) is 0 Å². The van der Waals surface area contributed by atoms with Crippen molar-refractivity contribution in [3.8, 4) is 0 Å². The van der Waals surface area contributed by atoms with Crippen LogP contribution >= 0.6 is 0 Å². The zero-order valence-electron chi connectivity index (χ0n) is 8.19. The summed E-state index contributed by atoms with van der Waals surface area (Å²) in [5, 5.41) is 3.85. The molecule has 3 nitrogen and oxygen atoms in total. The Morgan fingerprint density at radius 2 is 2.23 bits per heavy atom. The maximum absolute atomic E-state index is 5.17. The number of rotatable bonds is 2. The highest BCUT2D eigenvalue weighted by Crippen LogP contribution is 2.06. The fourth-order valence-electron chi connectivity index (χ4n) is 0.698. The number of pyridine rings is 1. The van der Waals surface area contributed by atoms with E-state index in [-0.39, 0.29) is 5.60 Å². The Labute approximate surface area is 78.4 Å². The van der Waals surface area contributed by atoms with E-state index in [1.807, 2.05) is 32.9 Å². The van der Waals surface area contributed by atoms with Crippen LogP contribution in [0, 0.1) is 0 Å². The third-order valence-electron chi connectivity index (χ3n) is 1.21. The first-order chi connectivity index (χ1) is 6.08. The van der Waals surface area contributed by atoms with Gasteiger partial charge in [0.05, 0.1) is 6.21 Å². The lowest BCUT2D eigenvalue weighted by molar-refractivity contribution is 0.00199. The monoisotopic (exact) mass is 178 g/mol. The van der Waals surface area contributed by atoms with E-state index < -0.39 is 0 Å². The van der Waals surface area contributed by atoms with Gasteiger partial charge in [0.15, 0.2) is 0 Å². The Balaban J connectivity index is 2.51. The van der Waals surface area contributed by atoms with Crippen LogP contribution < -0.4 is 0 Å². The predicted molar refractivity (Wildman–Crippen MR) is 52.7 cm³/mol. The SMILES string of the molecule is CC(C)(C)O/N=C/c1cccnc1. The first-order valence-electron chi connectivity index (χ1n) is 4.19. The van der Waals surface area contributed by atoms with Gasteiger partial charge < -0.3 is 4.84 Å². The van der Waals surface area contributed by atoms with Gasteiger partial charge >= 0.3 is 0 Å². The zero-order valence-corrected chi connectivity index (χ0v) is 8.19. The number of aromatic nitrogens is 1. The van der Waals surface area contributed by atoms with Crippen molar-refractivity contribution in [2.45, 2.75) is 26.4 Å². The third kappa shape index (κ3) is 4.25. The van der Waals surface area contributed by atoms with E-state index >= 15 is 0 Å². The van der Waals surface area contributed by atoms with E-state index in [9.17, 15) is 0 Å².